The summed E-state index contributed by atoms with van der Waals surface area (Å²) < 4.78 is 0. The van der Waals surface area contributed by atoms with Gasteiger partial charge in [-0.15, -0.1) is 11.3 Å². The van der Waals surface area contributed by atoms with Crippen LogP contribution in [0.25, 0.3) is 0 Å². The van der Waals surface area contributed by atoms with Gasteiger partial charge in [0.25, 0.3) is 0 Å². The Bertz CT molecular complexity index is 439. The maximum atomic E-state index is 6.21. The van der Waals surface area contributed by atoms with Crippen molar-refractivity contribution >= 4 is 11.3 Å². The number of nitrogens with zero attached hydrogens (tertiary/aromatic N) is 1. The van der Waals surface area contributed by atoms with E-state index in [9.17, 15) is 0 Å². The van der Waals surface area contributed by atoms with Crippen LogP contribution in [0.4, 0.5) is 0 Å². The summed E-state index contributed by atoms with van der Waals surface area (Å²) in [5.41, 5.74) is 8.55. The molecule has 0 unspecified atom stereocenters. The lowest BCUT2D eigenvalue weighted by molar-refractivity contribution is 0.0138. The highest BCUT2D eigenvalue weighted by Gasteiger charge is 2.42. The summed E-state index contributed by atoms with van der Waals surface area (Å²) in [6.07, 6.45) is 6.40. The van der Waals surface area contributed by atoms with Crippen molar-refractivity contribution in [2.24, 2.45) is 11.1 Å². The lowest BCUT2D eigenvalue weighted by atomic mass is 9.68. The highest BCUT2D eigenvalue weighted by atomic mass is 32.1. The van der Waals surface area contributed by atoms with Crippen LogP contribution in [-0.4, -0.2) is 23.5 Å². The van der Waals surface area contributed by atoms with Gasteiger partial charge < -0.3 is 5.73 Å². The average molecular weight is 278 g/mol. The Balaban J connectivity index is 1.77. The monoisotopic (exact) mass is 278 g/mol. The van der Waals surface area contributed by atoms with Gasteiger partial charge in [0.2, 0.25) is 0 Å². The molecule has 0 bridgehead atoms. The molecule has 1 aromatic rings. The second kappa shape index (κ2) is 4.87. The minimum Gasteiger partial charge on any atom is -0.329 e. The first-order chi connectivity index (χ1) is 9.05. The number of fused-ring (bicyclic) bond motifs is 1. The van der Waals surface area contributed by atoms with E-state index in [1.807, 2.05) is 11.3 Å². The first-order valence-corrected chi connectivity index (χ1v) is 8.43. The van der Waals surface area contributed by atoms with Crippen molar-refractivity contribution in [1.29, 1.82) is 0 Å². The first kappa shape index (κ1) is 13.6. The summed E-state index contributed by atoms with van der Waals surface area (Å²) in [5, 5.41) is 2.24. The molecule has 2 heterocycles. The topological polar surface area (TPSA) is 29.3 Å². The number of hydrogen-bond donors (Lipinski definition) is 1. The van der Waals surface area contributed by atoms with Crippen molar-refractivity contribution in [3.8, 4) is 0 Å². The summed E-state index contributed by atoms with van der Waals surface area (Å²) in [6.45, 7) is 7.95. The summed E-state index contributed by atoms with van der Waals surface area (Å²) in [6, 6.07) is 2.31. The largest absolute Gasteiger partial charge is 0.329 e. The van der Waals surface area contributed by atoms with Gasteiger partial charge in [-0.1, -0.05) is 13.8 Å². The molecule has 0 atom stereocenters. The van der Waals surface area contributed by atoms with Crippen LogP contribution in [0, 0.1) is 5.41 Å². The third-order valence-corrected chi connectivity index (χ3v) is 6.42. The molecule has 2 nitrogen and oxygen atoms in total. The van der Waals surface area contributed by atoms with Gasteiger partial charge in [0.15, 0.2) is 0 Å². The van der Waals surface area contributed by atoms with Gasteiger partial charge in [0, 0.05) is 30.1 Å². The number of nitrogens with two attached hydrogens (primary N) is 1. The van der Waals surface area contributed by atoms with Crippen molar-refractivity contribution in [2.45, 2.75) is 58.0 Å². The average Bonchev–Trinajstić information content (AvgIpc) is 2.87. The molecule has 106 valence electrons. The zero-order chi connectivity index (χ0) is 13.5. The van der Waals surface area contributed by atoms with Crippen molar-refractivity contribution in [3.63, 3.8) is 0 Å². The highest BCUT2D eigenvalue weighted by molar-refractivity contribution is 7.10. The van der Waals surface area contributed by atoms with E-state index >= 15 is 0 Å². The third kappa shape index (κ3) is 2.48. The van der Waals surface area contributed by atoms with E-state index in [0.717, 1.165) is 13.1 Å². The number of rotatable bonds is 2. The zero-order valence-corrected chi connectivity index (χ0v) is 13.1. The Morgan fingerprint density at radius 3 is 2.68 bits per heavy atom. The Hall–Kier alpha value is -0.380. The van der Waals surface area contributed by atoms with E-state index in [0.29, 0.717) is 5.41 Å². The molecule has 1 fully saturated rings. The molecule has 19 heavy (non-hydrogen) atoms. The molecule has 1 saturated carbocycles. The van der Waals surface area contributed by atoms with Gasteiger partial charge in [-0.05, 0) is 54.5 Å². The predicted octanol–water partition coefficient (Wildman–Crippen LogP) is 3.40. The number of hydrogen-bond acceptors (Lipinski definition) is 3. The van der Waals surface area contributed by atoms with Gasteiger partial charge in [0.05, 0.1) is 0 Å². The zero-order valence-electron chi connectivity index (χ0n) is 12.2. The fraction of sp³-hybridized carbons (Fsp3) is 0.750. The van der Waals surface area contributed by atoms with Crippen LogP contribution in [0.1, 0.15) is 50.0 Å². The van der Waals surface area contributed by atoms with Gasteiger partial charge >= 0.3 is 0 Å². The molecule has 1 aromatic heterocycles. The molecule has 0 spiro atoms. The Labute approximate surface area is 121 Å². The molecule has 2 aliphatic rings. The minimum absolute atomic E-state index is 0.273. The molecule has 1 aliphatic heterocycles. The van der Waals surface area contributed by atoms with Crippen LogP contribution >= 0.6 is 11.3 Å². The minimum atomic E-state index is 0.273. The van der Waals surface area contributed by atoms with Gasteiger partial charge in [-0.2, -0.15) is 0 Å². The van der Waals surface area contributed by atoms with Crippen molar-refractivity contribution < 1.29 is 0 Å². The standard InChI is InChI=1S/C16H26N2S/c1-15(2)5-7-16(12-17,8-6-15)18-9-3-14-13(11-18)4-10-19-14/h4,10H,3,5-9,11-12,17H2,1-2H3. The quantitative estimate of drug-likeness (QED) is 0.898. The first-order valence-electron chi connectivity index (χ1n) is 7.55. The molecular formula is C16H26N2S. The maximum absolute atomic E-state index is 6.21. The molecule has 0 radical (unpaired) electrons. The van der Waals surface area contributed by atoms with Crippen LogP contribution in [0.3, 0.4) is 0 Å². The highest BCUT2D eigenvalue weighted by Crippen LogP contribution is 2.44. The molecule has 0 amide bonds. The van der Waals surface area contributed by atoms with E-state index in [1.165, 1.54) is 38.6 Å². The second-order valence-electron chi connectivity index (χ2n) is 7.13. The molecule has 2 N–H and O–H groups in total. The van der Waals surface area contributed by atoms with Crippen LogP contribution in [0.5, 0.6) is 0 Å². The fourth-order valence-corrected chi connectivity index (χ4v) is 4.58. The van der Waals surface area contributed by atoms with E-state index in [-0.39, 0.29) is 5.54 Å². The van der Waals surface area contributed by atoms with Crippen LogP contribution < -0.4 is 5.73 Å². The predicted molar refractivity (Wildman–Crippen MR) is 82.5 cm³/mol. The SMILES string of the molecule is CC1(C)CCC(CN)(N2CCc3sccc3C2)CC1. The summed E-state index contributed by atoms with van der Waals surface area (Å²) >= 11 is 1.92. The molecular weight excluding hydrogens is 252 g/mol. The van der Waals surface area contributed by atoms with Crippen molar-refractivity contribution in [3.05, 3.63) is 21.9 Å². The Morgan fingerprint density at radius 2 is 2.00 bits per heavy atom. The summed E-state index contributed by atoms with van der Waals surface area (Å²) in [5.74, 6) is 0. The van der Waals surface area contributed by atoms with Crippen molar-refractivity contribution in [1.82, 2.24) is 4.90 Å². The van der Waals surface area contributed by atoms with E-state index < -0.39 is 0 Å². The Kier molecular flexibility index (Phi) is 3.48. The lowest BCUT2D eigenvalue weighted by Crippen LogP contribution is -2.57. The smallest absolute Gasteiger partial charge is 0.0335 e. The summed E-state index contributed by atoms with van der Waals surface area (Å²) in [7, 11) is 0. The third-order valence-electron chi connectivity index (χ3n) is 5.39. The molecule has 0 aromatic carbocycles. The molecule has 0 saturated heterocycles. The van der Waals surface area contributed by atoms with Crippen molar-refractivity contribution in [2.75, 3.05) is 13.1 Å². The van der Waals surface area contributed by atoms with Crippen LogP contribution in [0.2, 0.25) is 0 Å². The van der Waals surface area contributed by atoms with E-state index in [1.54, 1.807) is 10.4 Å². The van der Waals surface area contributed by atoms with Gasteiger partial charge in [-0.25, -0.2) is 0 Å². The normalized spacial score (nSPS) is 26.1. The summed E-state index contributed by atoms with van der Waals surface area (Å²) in [4.78, 5) is 4.29. The molecule has 1 aliphatic carbocycles. The maximum Gasteiger partial charge on any atom is 0.0335 e. The second-order valence-corrected chi connectivity index (χ2v) is 8.13. The fourth-order valence-electron chi connectivity index (χ4n) is 3.69. The lowest BCUT2D eigenvalue weighted by Gasteiger charge is -2.51. The van der Waals surface area contributed by atoms with Crippen LogP contribution in [0.15, 0.2) is 11.4 Å². The van der Waals surface area contributed by atoms with Gasteiger partial charge in [0.1, 0.15) is 0 Å². The molecule has 3 rings (SSSR count). The van der Waals surface area contributed by atoms with Gasteiger partial charge in [-0.3, -0.25) is 4.90 Å². The van der Waals surface area contributed by atoms with Crippen LogP contribution in [-0.2, 0) is 13.0 Å². The number of thiophene rings is 1. The Morgan fingerprint density at radius 1 is 1.26 bits per heavy atom. The van der Waals surface area contributed by atoms with E-state index in [2.05, 4.69) is 30.2 Å². The van der Waals surface area contributed by atoms with E-state index in [4.69, 9.17) is 5.73 Å². The molecule has 3 heteroatoms.